The normalized spacial score (nSPS) is 22.0. The van der Waals surface area contributed by atoms with Gasteiger partial charge in [-0.05, 0) is 55.2 Å². The molecule has 0 spiro atoms. The van der Waals surface area contributed by atoms with Gasteiger partial charge in [0.05, 0.1) is 15.6 Å². The van der Waals surface area contributed by atoms with E-state index in [4.69, 9.17) is 28.5 Å². The maximum Gasteiger partial charge on any atom is 0.102 e. The molecule has 0 bridgehead atoms. The fourth-order valence-corrected chi connectivity index (χ4v) is 3.99. The van der Waals surface area contributed by atoms with Crippen molar-refractivity contribution < 1.29 is 0 Å². The zero-order valence-corrected chi connectivity index (χ0v) is 14.2. The molecule has 1 saturated carbocycles. The second-order valence-corrected chi connectivity index (χ2v) is 7.00. The zero-order valence-electron chi connectivity index (χ0n) is 12.7. The van der Waals surface area contributed by atoms with Gasteiger partial charge in [0, 0.05) is 0 Å². The average molecular weight is 324 g/mol. The monoisotopic (exact) mass is 323 g/mol. The van der Waals surface area contributed by atoms with Crippen LogP contribution in [0.15, 0.2) is 12.1 Å². The molecule has 114 valence electrons. The van der Waals surface area contributed by atoms with E-state index >= 15 is 0 Å². The molecule has 0 amide bonds. The molecule has 3 heteroatoms. The summed E-state index contributed by atoms with van der Waals surface area (Å²) >= 11 is 12.3. The summed E-state index contributed by atoms with van der Waals surface area (Å²) in [7, 11) is 0. The minimum absolute atomic E-state index is 0.398. The zero-order chi connectivity index (χ0) is 15.2. The quantitative estimate of drug-likeness (QED) is 0.552. The summed E-state index contributed by atoms with van der Waals surface area (Å²) in [6.45, 7) is 2.26. The first-order valence-electron chi connectivity index (χ1n) is 8.04. The highest BCUT2D eigenvalue weighted by Crippen LogP contribution is 2.40. The van der Waals surface area contributed by atoms with Crippen LogP contribution in [0.1, 0.15) is 75.3 Å². The first kappa shape index (κ1) is 16.7. The van der Waals surface area contributed by atoms with E-state index in [0.29, 0.717) is 21.5 Å². The van der Waals surface area contributed by atoms with E-state index in [2.05, 4.69) is 13.0 Å². The smallest absolute Gasteiger partial charge is 0.102 e. The van der Waals surface area contributed by atoms with Gasteiger partial charge in [0.25, 0.3) is 0 Å². The SMILES string of the molecule is CCCCC[C@H]1CC[C@H](c2cc(Cl)c(C#N)c(Cl)c2)CC1. The van der Waals surface area contributed by atoms with Gasteiger partial charge in [0.2, 0.25) is 0 Å². The van der Waals surface area contributed by atoms with Crippen LogP contribution in [0, 0.1) is 17.2 Å². The fourth-order valence-electron chi connectivity index (χ4n) is 3.40. The molecule has 0 N–H and O–H groups in total. The molecule has 2 rings (SSSR count). The molecule has 1 aromatic rings. The van der Waals surface area contributed by atoms with Crippen molar-refractivity contribution in [2.24, 2.45) is 5.92 Å². The van der Waals surface area contributed by atoms with Crippen molar-refractivity contribution in [1.29, 1.82) is 5.26 Å². The van der Waals surface area contributed by atoms with E-state index in [1.807, 2.05) is 12.1 Å². The predicted octanol–water partition coefficient (Wildman–Crippen LogP) is 6.72. The first-order valence-corrected chi connectivity index (χ1v) is 8.80. The number of rotatable bonds is 5. The molecule has 1 aromatic carbocycles. The van der Waals surface area contributed by atoms with Crippen LogP contribution in [-0.2, 0) is 0 Å². The lowest BCUT2D eigenvalue weighted by Crippen LogP contribution is -2.13. The molecule has 1 aliphatic carbocycles. The van der Waals surface area contributed by atoms with Crippen molar-refractivity contribution in [3.63, 3.8) is 0 Å². The number of unbranched alkanes of at least 4 members (excludes halogenated alkanes) is 2. The molecule has 0 saturated heterocycles. The van der Waals surface area contributed by atoms with Crippen LogP contribution in [0.25, 0.3) is 0 Å². The lowest BCUT2D eigenvalue weighted by molar-refractivity contribution is 0.303. The van der Waals surface area contributed by atoms with E-state index in [0.717, 1.165) is 5.92 Å². The van der Waals surface area contributed by atoms with Crippen molar-refractivity contribution in [2.75, 3.05) is 0 Å². The Kier molecular flexibility index (Phi) is 6.40. The number of nitrogens with zero attached hydrogens (tertiary/aromatic N) is 1. The lowest BCUT2D eigenvalue weighted by Gasteiger charge is -2.29. The van der Waals surface area contributed by atoms with Gasteiger partial charge in [0.1, 0.15) is 6.07 Å². The standard InChI is InChI=1S/C18H23Cl2N/c1-2-3-4-5-13-6-8-14(9-7-13)15-10-17(19)16(12-21)18(20)11-15/h10-11,13-14H,2-9H2,1H3/t13-,14-. The second kappa shape index (κ2) is 8.06. The second-order valence-electron chi connectivity index (χ2n) is 6.18. The summed E-state index contributed by atoms with van der Waals surface area (Å²) in [6, 6.07) is 5.94. The van der Waals surface area contributed by atoms with Crippen molar-refractivity contribution in [3.8, 4) is 6.07 Å². The Bertz CT molecular complexity index is 487. The van der Waals surface area contributed by atoms with Crippen LogP contribution in [0.5, 0.6) is 0 Å². The van der Waals surface area contributed by atoms with Crippen molar-refractivity contribution in [2.45, 2.75) is 64.2 Å². The third-order valence-electron chi connectivity index (χ3n) is 4.71. The Morgan fingerprint density at radius 3 is 2.24 bits per heavy atom. The highest BCUT2D eigenvalue weighted by molar-refractivity contribution is 6.36. The predicted molar refractivity (Wildman–Crippen MR) is 90.0 cm³/mol. The average Bonchev–Trinajstić information content (AvgIpc) is 2.48. The largest absolute Gasteiger partial charge is 0.192 e. The molecular formula is C18H23Cl2N. The van der Waals surface area contributed by atoms with Gasteiger partial charge in [-0.15, -0.1) is 0 Å². The van der Waals surface area contributed by atoms with E-state index in [-0.39, 0.29) is 0 Å². The van der Waals surface area contributed by atoms with Crippen molar-refractivity contribution in [3.05, 3.63) is 33.3 Å². The van der Waals surface area contributed by atoms with Crippen LogP contribution < -0.4 is 0 Å². The topological polar surface area (TPSA) is 23.8 Å². The molecule has 1 fully saturated rings. The van der Waals surface area contributed by atoms with E-state index in [1.54, 1.807) is 0 Å². The first-order chi connectivity index (χ1) is 10.2. The Morgan fingerprint density at radius 1 is 1.10 bits per heavy atom. The summed E-state index contributed by atoms with van der Waals surface area (Å²) in [5.41, 5.74) is 1.60. The van der Waals surface area contributed by atoms with Crippen LogP contribution >= 0.6 is 23.2 Å². The Hall–Kier alpha value is -0.710. The van der Waals surface area contributed by atoms with Crippen LogP contribution in [0.4, 0.5) is 0 Å². The number of benzene rings is 1. The summed E-state index contributed by atoms with van der Waals surface area (Å²) in [6.07, 6.45) is 10.5. The molecule has 0 aromatic heterocycles. The van der Waals surface area contributed by atoms with Gasteiger partial charge in [0.15, 0.2) is 0 Å². The Balaban J connectivity index is 1.95. The highest BCUT2D eigenvalue weighted by Gasteiger charge is 2.23. The van der Waals surface area contributed by atoms with Crippen LogP contribution in [0.3, 0.4) is 0 Å². The van der Waals surface area contributed by atoms with Gasteiger partial charge in [-0.2, -0.15) is 5.26 Å². The number of hydrogen-bond donors (Lipinski definition) is 0. The summed E-state index contributed by atoms with van der Waals surface area (Å²) < 4.78 is 0. The number of halogens is 2. The Labute approximate surface area is 138 Å². The molecule has 0 radical (unpaired) electrons. The summed E-state index contributed by atoms with van der Waals surface area (Å²) in [5, 5.41) is 10.0. The van der Waals surface area contributed by atoms with Gasteiger partial charge in [-0.1, -0.05) is 55.8 Å². The number of hydrogen-bond acceptors (Lipinski definition) is 1. The molecule has 1 aliphatic rings. The molecule has 21 heavy (non-hydrogen) atoms. The van der Waals surface area contributed by atoms with Crippen LogP contribution in [0.2, 0.25) is 10.0 Å². The minimum Gasteiger partial charge on any atom is -0.192 e. The van der Waals surface area contributed by atoms with E-state index < -0.39 is 0 Å². The van der Waals surface area contributed by atoms with Crippen molar-refractivity contribution in [1.82, 2.24) is 0 Å². The molecule has 0 heterocycles. The third kappa shape index (κ3) is 4.38. The molecule has 0 aliphatic heterocycles. The number of nitriles is 1. The highest BCUT2D eigenvalue weighted by atomic mass is 35.5. The van der Waals surface area contributed by atoms with E-state index in [1.165, 1.54) is 56.9 Å². The maximum atomic E-state index is 9.02. The van der Waals surface area contributed by atoms with Gasteiger partial charge in [-0.25, -0.2) is 0 Å². The summed E-state index contributed by atoms with van der Waals surface area (Å²) in [5.74, 6) is 1.45. The van der Waals surface area contributed by atoms with Gasteiger partial charge in [-0.3, -0.25) is 0 Å². The Morgan fingerprint density at radius 2 is 1.71 bits per heavy atom. The summed E-state index contributed by atoms with van der Waals surface area (Å²) in [4.78, 5) is 0. The van der Waals surface area contributed by atoms with E-state index in [9.17, 15) is 0 Å². The maximum absolute atomic E-state index is 9.02. The minimum atomic E-state index is 0.398. The lowest BCUT2D eigenvalue weighted by atomic mass is 9.77. The molecule has 0 atom stereocenters. The van der Waals surface area contributed by atoms with Crippen LogP contribution in [-0.4, -0.2) is 0 Å². The fraction of sp³-hybridized carbons (Fsp3) is 0.611. The van der Waals surface area contributed by atoms with Crippen molar-refractivity contribution >= 4 is 23.2 Å². The van der Waals surface area contributed by atoms with Gasteiger partial charge >= 0.3 is 0 Å². The molecule has 0 unspecified atom stereocenters. The molecular weight excluding hydrogens is 301 g/mol. The molecule has 1 nitrogen and oxygen atoms in total. The third-order valence-corrected chi connectivity index (χ3v) is 5.31. The van der Waals surface area contributed by atoms with Gasteiger partial charge < -0.3 is 0 Å².